The van der Waals surface area contributed by atoms with Crippen molar-refractivity contribution in [3.05, 3.63) is 70.9 Å². The monoisotopic (exact) mass is 316 g/mol. The predicted octanol–water partition coefficient (Wildman–Crippen LogP) is 3.82. The minimum Gasteiger partial charge on any atom is -0.497 e. The number of hydrogen-bond donors (Lipinski definition) is 2. The number of amides is 2. The van der Waals surface area contributed by atoms with Crippen molar-refractivity contribution in [2.45, 2.75) is 6.54 Å². The first-order valence-electron chi connectivity index (χ1n) is 6.77. The van der Waals surface area contributed by atoms with Gasteiger partial charge >= 0.3 is 6.03 Å². The SMILES string of the molecule is COc1cccc(/C=C/NC(=O)NCc2ccccc2Cl)c1. The molecule has 2 rings (SSSR count). The molecule has 0 heterocycles. The summed E-state index contributed by atoms with van der Waals surface area (Å²) in [4.78, 5) is 11.7. The zero-order chi connectivity index (χ0) is 15.8. The summed E-state index contributed by atoms with van der Waals surface area (Å²) in [5, 5.41) is 6.02. The Balaban J connectivity index is 1.82. The molecule has 114 valence electrons. The van der Waals surface area contributed by atoms with Gasteiger partial charge in [-0.2, -0.15) is 0 Å². The number of benzene rings is 2. The van der Waals surface area contributed by atoms with Gasteiger partial charge in [0.15, 0.2) is 0 Å². The van der Waals surface area contributed by atoms with Gasteiger partial charge in [-0.1, -0.05) is 41.9 Å². The van der Waals surface area contributed by atoms with Crippen LogP contribution in [0.2, 0.25) is 5.02 Å². The molecule has 0 aliphatic carbocycles. The molecule has 0 fully saturated rings. The van der Waals surface area contributed by atoms with Crippen LogP contribution in [0, 0.1) is 0 Å². The summed E-state index contributed by atoms with van der Waals surface area (Å²) >= 11 is 6.02. The van der Waals surface area contributed by atoms with E-state index in [0.29, 0.717) is 11.6 Å². The number of rotatable bonds is 5. The maximum Gasteiger partial charge on any atom is 0.319 e. The fourth-order valence-corrected chi connectivity index (χ4v) is 2.03. The topological polar surface area (TPSA) is 50.4 Å². The van der Waals surface area contributed by atoms with Crippen LogP contribution in [0.15, 0.2) is 54.7 Å². The summed E-state index contributed by atoms with van der Waals surface area (Å²) in [6.45, 7) is 0.374. The van der Waals surface area contributed by atoms with Crippen molar-refractivity contribution in [2.75, 3.05) is 7.11 Å². The highest BCUT2D eigenvalue weighted by atomic mass is 35.5. The summed E-state index contributed by atoms with van der Waals surface area (Å²) < 4.78 is 5.13. The van der Waals surface area contributed by atoms with Crippen LogP contribution in [0.4, 0.5) is 4.79 Å². The summed E-state index contributed by atoms with van der Waals surface area (Å²) in [5.41, 5.74) is 1.81. The fourth-order valence-electron chi connectivity index (χ4n) is 1.83. The van der Waals surface area contributed by atoms with Gasteiger partial charge < -0.3 is 15.4 Å². The highest BCUT2D eigenvalue weighted by Gasteiger charge is 2.01. The summed E-state index contributed by atoms with van der Waals surface area (Å²) in [5.74, 6) is 0.769. The van der Waals surface area contributed by atoms with E-state index in [4.69, 9.17) is 16.3 Å². The van der Waals surface area contributed by atoms with Crippen molar-refractivity contribution in [3.63, 3.8) is 0 Å². The smallest absolute Gasteiger partial charge is 0.319 e. The van der Waals surface area contributed by atoms with Crippen molar-refractivity contribution in [1.29, 1.82) is 0 Å². The maximum atomic E-state index is 11.7. The first-order valence-corrected chi connectivity index (χ1v) is 7.15. The normalized spacial score (nSPS) is 10.5. The standard InChI is InChI=1S/C17H17ClN2O2/c1-22-15-7-4-5-13(11-15)9-10-19-17(21)20-12-14-6-2-3-8-16(14)18/h2-11H,12H2,1H3,(H2,19,20,21)/b10-9+. The highest BCUT2D eigenvalue weighted by Crippen LogP contribution is 2.14. The Bertz CT molecular complexity index is 671. The van der Waals surface area contributed by atoms with Crippen molar-refractivity contribution >= 4 is 23.7 Å². The molecule has 0 aliphatic rings. The lowest BCUT2D eigenvalue weighted by molar-refractivity contribution is 0.244. The molecule has 0 saturated heterocycles. The Labute approximate surface area is 134 Å². The third-order valence-electron chi connectivity index (χ3n) is 2.98. The molecule has 22 heavy (non-hydrogen) atoms. The Kier molecular flexibility index (Phi) is 5.86. The average Bonchev–Trinajstić information content (AvgIpc) is 2.54. The Morgan fingerprint density at radius 2 is 2.05 bits per heavy atom. The number of hydrogen-bond acceptors (Lipinski definition) is 2. The van der Waals surface area contributed by atoms with E-state index in [9.17, 15) is 4.79 Å². The van der Waals surface area contributed by atoms with Crippen molar-refractivity contribution in [2.24, 2.45) is 0 Å². The minimum atomic E-state index is -0.293. The van der Waals surface area contributed by atoms with Crippen LogP contribution in [-0.2, 0) is 6.54 Å². The van der Waals surface area contributed by atoms with Crippen LogP contribution in [0.25, 0.3) is 6.08 Å². The number of nitrogens with one attached hydrogen (secondary N) is 2. The highest BCUT2D eigenvalue weighted by molar-refractivity contribution is 6.31. The van der Waals surface area contributed by atoms with Crippen LogP contribution in [0.3, 0.4) is 0 Å². The summed E-state index contributed by atoms with van der Waals surface area (Å²) in [6.07, 6.45) is 3.37. The summed E-state index contributed by atoms with van der Waals surface area (Å²) in [7, 11) is 1.61. The summed E-state index contributed by atoms with van der Waals surface area (Å²) in [6, 6.07) is 14.6. The molecule has 2 aromatic rings. The van der Waals surface area contributed by atoms with E-state index in [1.165, 1.54) is 0 Å². The molecule has 2 aromatic carbocycles. The third kappa shape index (κ3) is 4.82. The molecule has 4 nitrogen and oxygen atoms in total. The predicted molar refractivity (Wildman–Crippen MR) is 88.9 cm³/mol. The van der Waals surface area contributed by atoms with Gasteiger partial charge in [0.25, 0.3) is 0 Å². The molecule has 0 bridgehead atoms. The number of ether oxygens (including phenoxy) is 1. The Morgan fingerprint density at radius 1 is 1.23 bits per heavy atom. The van der Waals surface area contributed by atoms with Crippen LogP contribution in [0.5, 0.6) is 5.75 Å². The van der Waals surface area contributed by atoms with E-state index >= 15 is 0 Å². The molecule has 0 atom stereocenters. The van der Waals surface area contributed by atoms with Gasteiger partial charge in [0.05, 0.1) is 7.11 Å². The van der Waals surface area contributed by atoms with E-state index in [2.05, 4.69) is 10.6 Å². The molecule has 2 N–H and O–H groups in total. The van der Waals surface area contributed by atoms with E-state index in [0.717, 1.165) is 16.9 Å². The largest absolute Gasteiger partial charge is 0.497 e. The van der Waals surface area contributed by atoms with E-state index in [1.54, 1.807) is 25.5 Å². The van der Waals surface area contributed by atoms with Gasteiger partial charge in [-0.05, 0) is 35.4 Å². The second-order valence-corrected chi connectivity index (χ2v) is 4.94. The van der Waals surface area contributed by atoms with E-state index in [-0.39, 0.29) is 6.03 Å². The molecule has 5 heteroatoms. The lowest BCUT2D eigenvalue weighted by Crippen LogP contribution is -2.31. The van der Waals surface area contributed by atoms with Crippen LogP contribution in [0.1, 0.15) is 11.1 Å². The second-order valence-electron chi connectivity index (χ2n) is 4.53. The zero-order valence-electron chi connectivity index (χ0n) is 12.2. The molecule has 0 spiro atoms. The lowest BCUT2D eigenvalue weighted by atomic mass is 10.2. The fraction of sp³-hybridized carbons (Fsp3) is 0.118. The Hall–Kier alpha value is -2.46. The first kappa shape index (κ1) is 15.9. The second kappa shape index (κ2) is 8.10. The van der Waals surface area contributed by atoms with E-state index in [1.807, 2.05) is 42.5 Å². The number of halogens is 1. The van der Waals surface area contributed by atoms with Gasteiger partial charge in [0.1, 0.15) is 5.75 Å². The molecule has 0 saturated carbocycles. The van der Waals surface area contributed by atoms with Crippen LogP contribution in [-0.4, -0.2) is 13.1 Å². The number of urea groups is 1. The van der Waals surface area contributed by atoms with Crippen molar-refractivity contribution in [1.82, 2.24) is 10.6 Å². The van der Waals surface area contributed by atoms with Gasteiger partial charge in [-0.3, -0.25) is 0 Å². The van der Waals surface area contributed by atoms with Gasteiger partial charge in [-0.15, -0.1) is 0 Å². The molecule has 0 aliphatic heterocycles. The van der Waals surface area contributed by atoms with Crippen LogP contribution < -0.4 is 15.4 Å². The van der Waals surface area contributed by atoms with Gasteiger partial charge in [0, 0.05) is 17.8 Å². The number of carbonyl (C=O) groups is 1. The molecule has 0 radical (unpaired) electrons. The number of methoxy groups -OCH3 is 1. The Morgan fingerprint density at radius 3 is 2.82 bits per heavy atom. The van der Waals surface area contributed by atoms with E-state index < -0.39 is 0 Å². The number of carbonyl (C=O) groups excluding carboxylic acids is 1. The maximum absolute atomic E-state index is 11.7. The average molecular weight is 317 g/mol. The third-order valence-corrected chi connectivity index (χ3v) is 3.35. The first-order chi connectivity index (χ1) is 10.7. The molecular formula is C17H17ClN2O2. The molecular weight excluding hydrogens is 300 g/mol. The zero-order valence-corrected chi connectivity index (χ0v) is 12.9. The lowest BCUT2D eigenvalue weighted by Gasteiger charge is -2.06. The molecule has 0 aromatic heterocycles. The minimum absolute atomic E-state index is 0.293. The van der Waals surface area contributed by atoms with Crippen molar-refractivity contribution < 1.29 is 9.53 Å². The molecule has 0 unspecified atom stereocenters. The van der Waals surface area contributed by atoms with Gasteiger partial charge in [0.2, 0.25) is 0 Å². The van der Waals surface area contributed by atoms with Gasteiger partial charge in [-0.25, -0.2) is 4.79 Å². The van der Waals surface area contributed by atoms with Crippen LogP contribution >= 0.6 is 11.6 Å². The molecule has 2 amide bonds. The quantitative estimate of drug-likeness (QED) is 0.881. The van der Waals surface area contributed by atoms with Crippen molar-refractivity contribution in [3.8, 4) is 5.75 Å².